The van der Waals surface area contributed by atoms with Gasteiger partial charge in [-0.05, 0) is 54.8 Å². The molecule has 0 bridgehead atoms. The minimum absolute atomic E-state index is 0.516. The number of rotatable bonds is 7. The SMILES string of the molecule is CCNC1CCCc2ccc(OCCSCC)cc21. The fourth-order valence-electron chi connectivity index (χ4n) is 2.69. The number of hydrogen-bond donors (Lipinski definition) is 1. The number of thioether (sulfide) groups is 1. The van der Waals surface area contributed by atoms with Crippen LogP contribution in [0, 0.1) is 0 Å². The van der Waals surface area contributed by atoms with E-state index in [-0.39, 0.29) is 0 Å². The van der Waals surface area contributed by atoms with Crippen LogP contribution < -0.4 is 10.1 Å². The third-order valence-electron chi connectivity index (χ3n) is 3.58. The van der Waals surface area contributed by atoms with Gasteiger partial charge in [0.1, 0.15) is 5.75 Å². The van der Waals surface area contributed by atoms with Crippen molar-refractivity contribution < 1.29 is 4.74 Å². The van der Waals surface area contributed by atoms with Crippen LogP contribution in [0.1, 0.15) is 43.9 Å². The quantitative estimate of drug-likeness (QED) is 0.767. The Balaban J connectivity index is 2.01. The van der Waals surface area contributed by atoms with Gasteiger partial charge in [0.05, 0.1) is 6.61 Å². The van der Waals surface area contributed by atoms with Crippen LogP contribution in [0.25, 0.3) is 0 Å². The summed E-state index contributed by atoms with van der Waals surface area (Å²) >= 11 is 1.93. The molecule has 2 nitrogen and oxygen atoms in total. The Kier molecular flexibility index (Phi) is 6.05. The molecule has 0 fully saturated rings. The minimum Gasteiger partial charge on any atom is -0.493 e. The maximum absolute atomic E-state index is 5.85. The van der Waals surface area contributed by atoms with E-state index in [1.807, 2.05) is 11.8 Å². The predicted molar refractivity (Wildman–Crippen MR) is 84.3 cm³/mol. The highest BCUT2D eigenvalue weighted by atomic mass is 32.2. The van der Waals surface area contributed by atoms with Gasteiger partial charge in [-0.25, -0.2) is 0 Å². The number of hydrogen-bond acceptors (Lipinski definition) is 3. The number of nitrogens with one attached hydrogen (secondary N) is 1. The first-order valence-corrected chi connectivity index (χ1v) is 8.57. The Bertz CT molecular complexity index is 394. The number of ether oxygens (including phenoxy) is 1. The van der Waals surface area contributed by atoms with Crippen molar-refractivity contribution in [1.82, 2.24) is 5.32 Å². The van der Waals surface area contributed by atoms with Crippen LogP contribution in [0.4, 0.5) is 0 Å². The van der Waals surface area contributed by atoms with Gasteiger partial charge in [-0.2, -0.15) is 11.8 Å². The van der Waals surface area contributed by atoms with Crippen LogP contribution in [-0.4, -0.2) is 24.7 Å². The van der Waals surface area contributed by atoms with Crippen molar-refractivity contribution in [3.63, 3.8) is 0 Å². The summed E-state index contributed by atoms with van der Waals surface area (Å²) in [5.74, 6) is 3.26. The van der Waals surface area contributed by atoms with Gasteiger partial charge in [-0.15, -0.1) is 0 Å². The third-order valence-corrected chi connectivity index (χ3v) is 4.45. The summed E-state index contributed by atoms with van der Waals surface area (Å²) in [4.78, 5) is 0. The predicted octanol–water partition coefficient (Wildman–Crippen LogP) is 3.81. The molecule has 2 rings (SSSR count). The van der Waals surface area contributed by atoms with Crippen molar-refractivity contribution in [2.24, 2.45) is 0 Å². The molecule has 19 heavy (non-hydrogen) atoms. The molecule has 0 radical (unpaired) electrons. The molecule has 1 N–H and O–H groups in total. The fourth-order valence-corrected chi connectivity index (χ4v) is 3.18. The van der Waals surface area contributed by atoms with E-state index in [4.69, 9.17) is 4.74 Å². The first-order chi connectivity index (χ1) is 9.35. The molecule has 1 unspecified atom stereocenters. The van der Waals surface area contributed by atoms with Crippen molar-refractivity contribution in [2.45, 2.75) is 39.2 Å². The second-order valence-corrected chi connectivity index (χ2v) is 6.30. The summed E-state index contributed by atoms with van der Waals surface area (Å²) < 4.78 is 5.85. The second kappa shape index (κ2) is 7.81. The number of benzene rings is 1. The number of aryl methyl sites for hydroxylation is 1. The molecule has 0 amide bonds. The Labute approximate surface area is 121 Å². The van der Waals surface area contributed by atoms with Crippen molar-refractivity contribution in [3.05, 3.63) is 29.3 Å². The highest BCUT2D eigenvalue weighted by Crippen LogP contribution is 2.32. The molecule has 0 aromatic heterocycles. The van der Waals surface area contributed by atoms with Crippen LogP contribution in [0.3, 0.4) is 0 Å². The molecule has 106 valence electrons. The Morgan fingerprint density at radius 3 is 3.05 bits per heavy atom. The molecule has 0 spiro atoms. The Morgan fingerprint density at radius 2 is 2.26 bits per heavy atom. The van der Waals surface area contributed by atoms with Crippen LogP contribution in [0.15, 0.2) is 18.2 Å². The van der Waals surface area contributed by atoms with E-state index < -0.39 is 0 Å². The van der Waals surface area contributed by atoms with Gasteiger partial charge in [0, 0.05) is 11.8 Å². The maximum atomic E-state index is 5.85. The van der Waals surface area contributed by atoms with Crippen molar-refractivity contribution >= 4 is 11.8 Å². The topological polar surface area (TPSA) is 21.3 Å². The molecule has 0 saturated carbocycles. The lowest BCUT2D eigenvalue weighted by Crippen LogP contribution is -2.24. The van der Waals surface area contributed by atoms with E-state index in [0.29, 0.717) is 6.04 Å². The molecule has 0 aliphatic heterocycles. The molecular formula is C16H25NOS. The Hall–Kier alpha value is -0.670. The molecule has 1 aliphatic rings. The zero-order valence-electron chi connectivity index (χ0n) is 12.1. The van der Waals surface area contributed by atoms with Gasteiger partial charge < -0.3 is 10.1 Å². The molecule has 3 heteroatoms. The third kappa shape index (κ3) is 4.15. The lowest BCUT2D eigenvalue weighted by atomic mass is 9.87. The van der Waals surface area contributed by atoms with Gasteiger partial charge in [0.2, 0.25) is 0 Å². The smallest absolute Gasteiger partial charge is 0.119 e. The lowest BCUT2D eigenvalue weighted by molar-refractivity contribution is 0.342. The van der Waals surface area contributed by atoms with E-state index in [1.165, 1.54) is 30.4 Å². The van der Waals surface area contributed by atoms with Gasteiger partial charge in [0.15, 0.2) is 0 Å². The van der Waals surface area contributed by atoms with Gasteiger partial charge >= 0.3 is 0 Å². The zero-order chi connectivity index (χ0) is 13.5. The average molecular weight is 279 g/mol. The van der Waals surface area contributed by atoms with Crippen LogP contribution >= 0.6 is 11.8 Å². The van der Waals surface area contributed by atoms with Gasteiger partial charge in [-0.1, -0.05) is 19.9 Å². The maximum Gasteiger partial charge on any atom is 0.119 e. The normalized spacial score (nSPS) is 18.1. The van der Waals surface area contributed by atoms with E-state index in [1.54, 1.807) is 0 Å². The molecule has 0 saturated heterocycles. The van der Waals surface area contributed by atoms with E-state index >= 15 is 0 Å². The van der Waals surface area contributed by atoms with Crippen molar-refractivity contribution in [1.29, 1.82) is 0 Å². The highest BCUT2D eigenvalue weighted by Gasteiger charge is 2.19. The van der Waals surface area contributed by atoms with Crippen LogP contribution in [0.2, 0.25) is 0 Å². The largest absolute Gasteiger partial charge is 0.493 e. The molecular weight excluding hydrogens is 254 g/mol. The summed E-state index contributed by atoms with van der Waals surface area (Å²) in [5.41, 5.74) is 2.95. The number of fused-ring (bicyclic) bond motifs is 1. The highest BCUT2D eigenvalue weighted by molar-refractivity contribution is 7.99. The van der Waals surface area contributed by atoms with Gasteiger partial charge in [0.25, 0.3) is 0 Å². The second-order valence-electron chi connectivity index (χ2n) is 4.91. The zero-order valence-corrected chi connectivity index (χ0v) is 12.9. The average Bonchev–Trinajstić information content (AvgIpc) is 2.44. The van der Waals surface area contributed by atoms with E-state index in [2.05, 4.69) is 37.4 Å². The molecule has 1 aromatic rings. The Morgan fingerprint density at radius 1 is 1.37 bits per heavy atom. The van der Waals surface area contributed by atoms with Crippen molar-refractivity contribution in [3.8, 4) is 5.75 Å². The first-order valence-electron chi connectivity index (χ1n) is 7.42. The molecule has 1 aliphatic carbocycles. The van der Waals surface area contributed by atoms with Crippen LogP contribution in [-0.2, 0) is 6.42 Å². The summed E-state index contributed by atoms with van der Waals surface area (Å²) in [6.45, 7) is 6.20. The summed E-state index contributed by atoms with van der Waals surface area (Å²) in [6, 6.07) is 7.14. The monoisotopic (exact) mass is 279 g/mol. The van der Waals surface area contributed by atoms with E-state index in [0.717, 1.165) is 30.4 Å². The molecule has 0 heterocycles. The van der Waals surface area contributed by atoms with Crippen molar-refractivity contribution in [2.75, 3.05) is 24.7 Å². The molecule has 1 atom stereocenters. The lowest BCUT2D eigenvalue weighted by Gasteiger charge is -2.26. The van der Waals surface area contributed by atoms with Crippen LogP contribution in [0.5, 0.6) is 5.75 Å². The van der Waals surface area contributed by atoms with E-state index in [9.17, 15) is 0 Å². The first kappa shape index (κ1) is 14.7. The minimum atomic E-state index is 0.516. The summed E-state index contributed by atoms with van der Waals surface area (Å²) in [6.07, 6.45) is 3.75. The summed E-state index contributed by atoms with van der Waals surface area (Å²) in [7, 11) is 0. The van der Waals surface area contributed by atoms with Gasteiger partial charge in [-0.3, -0.25) is 0 Å². The fraction of sp³-hybridized carbons (Fsp3) is 0.625. The summed E-state index contributed by atoms with van der Waals surface area (Å²) in [5, 5.41) is 3.58. The standard InChI is InChI=1S/C16H25NOS/c1-3-17-16-7-5-6-13-8-9-14(12-15(13)16)18-10-11-19-4-2/h8-9,12,16-17H,3-7,10-11H2,1-2H3. The molecule has 1 aromatic carbocycles.